The SMILES string of the molecule is O=[N+]([O-])c1nc(F)ccc1O. The van der Waals surface area contributed by atoms with E-state index in [9.17, 15) is 14.5 Å². The van der Waals surface area contributed by atoms with E-state index in [-0.39, 0.29) is 0 Å². The second-order valence-electron chi connectivity index (χ2n) is 1.73. The van der Waals surface area contributed by atoms with Gasteiger partial charge >= 0.3 is 11.8 Å². The van der Waals surface area contributed by atoms with Crippen molar-refractivity contribution in [2.24, 2.45) is 0 Å². The minimum absolute atomic E-state index is 0.642. The Morgan fingerprint density at radius 2 is 2.27 bits per heavy atom. The van der Waals surface area contributed by atoms with Gasteiger partial charge in [-0.3, -0.25) is 0 Å². The predicted molar refractivity (Wildman–Crippen MR) is 32.5 cm³/mol. The zero-order valence-corrected chi connectivity index (χ0v) is 5.19. The molecule has 1 heterocycles. The van der Waals surface area contributed by atoms with Crippen LogP contribution in [-0.2, 0) is 0 Å². The monoisotopic (exact) mass is 158 g/mol. The van der Waals surface area contributed by atoms with Crippen molar-refractivity contribution in [2.45, 2.75) is 0 Å². The summed E-state index contributed by atoms with van der Waals surface area (Å²) in [6.45, 7) is 0. The van der Waals surface area contributed by atoms with Crippen LogP contribution in [0.1, 0.15) is 0 Å². The van der Waals surface area contributed by atoms with Gasteiger partial charge < -0.3 is 15.2 Å². The molecular formula is C5H3FN2O3. The molecule has 1 N–H and O–H groups in total. The number of aromatic nitrogens is 1. The summed E-state index contributed by atoms with van der Waals surface area (Å²) in [5, 5.41) is 18.7. The third-order valence-corrected chi connectivity index (χ3v) is 0.993. The fraction of sp³-hybridized carbons (Fsp3) is 0. The van der Waals surface area contributed by atoms with Gasteiger partial charge in [0.05, 0.1) is 0 Å². The van der Waals surface area contributed by atoms with Gasteiger partial charge in [0, 0.05) is 6.07 Å². The van der Waals surface area contributed by atoms with E-state index >= 15 is 0 Å². The van der Waals surface area contributed by atoms with E-state index < -0.39 is 22.4 Å². The molecule has 6 heteroatoms. The first-order valence-corrected chi connectivity index (χ1v) is 2.61. The van der Waals surface area contributed by atoms with Gasteiger partial charge in [-0.05, 0) is 16.0 Å². The van der Waals surface area contributed by atoms with Crippen molar-refractivity contribution in [1.82, 2.24) is 4.98 Å². The summed E-state index contributed by atoms with van der Waals surface area (Å²) in [5.41, 5.74) is 0. The quantitative estimate of drug-likeness (QED) is 0.373. The average Bonchev–Trinajstić information content (AvgIpc) is 1.94. The molecule has 11 heavy (non-hydrogen) atoms. The van der Waals surface area contributed by atoms with Crippen molar-refractivity contribution in [3.05, 3.63) is 28.2 Å². The first kappa shape index (κ1) is 7.39. The maximum atomic E-state index is 12.2. The number of rotatable bonds is 1. The van der Waals surface area contributed by atoms with Gasteiger partial charge in [-0.25, -0.2) is 0 Å². The number of aromatic hydroxyl groups is 1. The fourth-order valence-electron chi connectivity index (χ4n) is 0.552. The standard InChI is InChI=1S/C5H3FN2O3/c6-4-2-1-3(9)5(7-4)8(10)11/h1-2,9H. The summed E-state index contributed by atoms with van der Waals surface area (Å²) in [5.74, 6) is -2.50. The molecule has 0 atom stereocenters. The Balaban J connectivity index is 3.23. The lowest BCUT2D eigenvalue weighted by molar-refractivity contribution is -0.390. The first-order valence-electron chi connectivity index (χ1n) is 2.61. The molecular weight excluding hydrogens is 155 g/mol. The van der Waals surface area contributed by atoms with Gasteiger partial charge in [-0.1, -0.05) is 0 Å². The molecule has 0 aromatic carbocycles. The van der Waals surface area contributed by atoms with Gasteiger partial charge in [0.25, 0.3) is 0 Å². The predicted octanol–water partition coefficient (Wildman–Crippen LogP) is 0.834. The summed E-state index contributed by atoms with van der Waals surface area (Å²) >= 11 is 0. The lowest BCUT2D eigenvalue weighted by Crippen LogP contribution is -1.94. The zero-order valence-electron chi connectivity index (χ0n) is 5.19. The molecule has 0 aliphatic rings. The van der Waals surface area contributed by atoms with Crippen LogP contribution in [-0.4, -0.2) is 15.0 Å². The van der Waals surface area contributed by atoms with Crippen LogP contribution in [0.4, 0.5) is 10.2 Å². The second kappa shape index (κ2) is 2.49. The molecule has 1 aromatic rings. The molecule has 0 fully saturated rings. The van der Waals surface area contributed by atoms with Crippen LogP contribution in [0.3, 0.4) is 0 Å². The first-order chi connectivity index (χ1) is 5.11. The normalized spacial score (nSPS) is 9.55. The van der Waals surface area contributed by atoms with E-state index in [1.54, 1.807) is 0 Å². The van der Waals surface area contributed by atoms with Crippen molar-refractivity contribution >= 4 is 5.82 Å². The lowest BCUT2D eigenvalue weighted by Gasteiger charge is -1.92. The Morgan fingerprint density at radius 1 is 1.64 bits per heavy atom. The highest BCUT2D eigenvalue weighted by atomic mass is 19.1. The molecule has 1 rings (SSSR count). The molecule has 0 spiro atoms. The number of pyridine rings is 1. The molecule has 0 saturated carbocycles. The van der Waals surface area contributed by atoms with E-state index in [0.717, 1.165) is 12.1 Å². The van der Waals surface area contributed by atoms with Crippen molar-refractivity contribution < 1.29 is 14.4 Å². The van der Waals surface area contributed by atoms with E-state index in [2.05, 4.69) is 4.98 Å². The largest absolute Gasteiger partial charge is 0.501 e. The maximum absolute atomic E-state index is 12.2. The molecule has 58 valence electrons. The molecule has 5 nitrogen and oxygen atoms in total. The van der Waals surface area contributed by atoms with Gasteiger partial charge in [-0.15, -0.1) is 0 Å². The highest BCUT2D eigenvalue weighted by Crippen LogP contribution is 2.21. The summed E-state index contributed by atoms with van der Waals surface area (Å²) in [6.07, 6.45) is 0. The second-order valence-corrected chi connectivity index (χ2v) is 1.73. The molecule has 1 aromatic heterocycles. The third kappa shape index (κ3) is 1.40. The molecule has 0 bridgehead atoms. The van der Waals surface area contributed by atoms with E-state index in [4.69, 9.17) is 5.11 Å². The summed E-state index contributed by atoms with van der Waals surface area (Å²) in [7, 11) is 0. The van der Waals surface area contributed by atoms with Crippen LogP contribution in [0.15, 0.2) is 12.1 Å². The summed E-state index contributed by atoms with van der Waals surface area (Å²) in [6, 6.07) is 1.71. The number of hydrogen-bond donors (Lipinski definition) is 1. The van der Waals surface area contributed by atoms with Crippen molar-refractivity contribution in [2.75, 3.05) is 0 Å². The number of nitro groups is 1. The fourth-order valence-corrected chi connectivity index (χ4v) is 0.552. The van der Waals surface area contributed by atoms with Crippen molar-refractivity contribution in [3.8, 4) is 5.75 Å². The summed E-state index contributed by atoms with van der Waals surface area (Å²) in [4.78, 5) is 11.9. The van der Waals surface area contributed by atoms with Crippen LogP contribution in [0.25, 0.3) is 0 Å². The van der Waals surface area contributed by atoms with E-state index in [1.807, 2.05) is 0 Å². The van der Waals surface area contributed by atoms with Gasteiger partial charge in [0.15, 0.2) is 0 Å². The Labute approximate surface area is 60.3 Å². The Kier molecular flexibility index (Phi) is 1.67. The minimum Gasteiger partial charge on any atom is -0.501 e. The zero-order chi connectivity index (χ0) is 8.43. The summed E-state index contributed by atoms with van der Waals surface area (Å²) < 4.78 is 12.2. The van der Waals surface area contributed by atoms with Crippen LogP contribution < -0.4 is 0 Å². The Hall–Kier alpha value is -1.72. The van der Waals surface area contributed by atoms with E-state index in [1.165, 1.54) is 0 Å². The number of halogens is 1. The highest BCUT2D eigenvalue weighted by molar-refractivity contribution is 5.36. The van der Waals surface area contributed by atoms with Crippen LogP contribution in [0, 0.1) is 16.1 Å². The third-order valence-electron chi connectivity index (χ3n) is 0.993. The lowest BCUT2D eigenvalue weighted by atomic mass is 10.4. The molecule has 0 radical (unpaired) electrons. The van der Waals surface area contributed by atoms with Crippen LogP contribution in [0.5, 0.6) is 5.75 Å². The smallest absolute Gasteiger partial charge is 0.408 e. The highest BCUT2D eigenvalue weighted by Gasteiger charge is 2.15. The Bertz CT molecular complexity index is 302. The average molecular weight is 158 g/mol. The minimum atomic E-state index is -0.991. The number of nitrogens with zero attached hydrogens (tertiary/aromatic N) is 2. The maximum Gasteiger partial charge on any atom is 0.408 e. The molecule has 0 unspecified atom stereocenters. The molecule has 0 aliphatic carbocycles. The molecule has 0 aliphatic heterocycles. The van der Waals surface area contributed by atoms with Gasteiger partial charge in [0.1, 0.15) is 0 Å². The Morgan fingerprint density at radius 3 is 2.73 bits per heavy atom. The van der Waals surface area contributed by atoms with Gasteiger partial charge in [0.2, 0.25) is 5.75 Å². The van der Waals surface area contributed by atoms with Crippen molar-refractivity contribution in [3.63, 3.8) is 0 Å². The topological polar surface area (TPSA) is 76.3 Å². The number of hydrogen-bond acceptors (Lipinski definition) is 4. The van der Waals surface area contributed by atoms with Crippen molar-refractivity contribution in [1.29, 1.82) is 0 Å². The van der Waals surface area contributed by atoms with Crippen LogP contribution >= 0.6 is 0 Å². The molecule has 0 saturated heterocycles. The van der Waals surface area contributed by atoms with Crippen LogP contribution in [0.2, 0.25) is 0 Å². The molecule has 0 amide bonds. The van der Waals surface area contributed by atoms with Gasteiger partial charge in [-0.2, -0.15) is 4.39 Å². The van der Waals surface area contributed by atoms with E-state index in [0.29, 0.717) is 0 Å².